The molecule has 0 saturated carbocycles. The normalized spacial score (nSPS) is 13.5. The number of pyridine rings is 2. The number of imidazole rings is 1. The van der Waals surface area contributed by atoms with E-state index in [9.17, 15) is 5.21 Å². The van der Waals surface area contributed by atoms with Gasteiger partial charge in [0.15, 0.2) is 0 Å². The van der Waals surface area contributed by atoms with Gasteiger partial charge in [0.2, 0.25) is 0 Å². The molecule has 5 aromatic rings. The Bertz CT molecular complexity index is 1540. The number of fused-ring (bicyclic) bond motifs is 1. The van der Waals surface area contributed by atoms with Gasteiger partial charge in [-0.25, -0.2) is 9.97 Å². The predicted octanol–water partition coefficient (Wildman–Crippen LogP) is 5.29. The fourth-order valence-electron chi connectivity index (χ4n) is 4.16. The Labute approximate surface area is 196 Å². The van der Waals surface area contributed by atoms with E-state index in [0.717, 1.165) is 44.6 Å². The van der Waals surface area contributed by atoms with E-state index >= 15 is 0 Å². The van der Waals surface area contributed by atoms with Crippen molar-refractivity contribution in [3.8, 4) is 22.8 Å². The number of allylic oxidation sites excluding steroid dienone is 2. The van der Waals surface area contributed by atoms with Crippen LogP contribution in [0.2, 0.25) is 0 Å². The van der Waals surface area contributed by atoms with Crippen LogP contribution in [0.15, 0.2) is 97.6 Å². The van der Waals surface area contributed by atoms with E-state index in [4.69, 9.17) is 4.98 Å². The number of hydrogen-bond acceptors (Lipinski definition) is 5. The van der Waals surface area contributed by atoms with Crippen molar-refractivity contribution in [1.29, 1.82) is 0 Å². The number of hydrogen-bond donors (Lipinski definition) is 0. The third-order valence-electron chi connectivity index (χ3n) is 5.92. The van der Waals surface area contributed by atoms with E-state index < -0.39 is 0 Å². The van der Waals surface area contributed by atoms with Gasteiger partial charge in [-0.1, -0.05) is 12.2 Å². The molecule has 6 rings (SSSR count). The second-order valence-electron chi connectivity index (χ2n) is 8.17. The number of aromatic nitrogens is 5. The summed E-state index contributed by atoms with van der Waals surface area (Å²) in [5.41, 5.74) is 5.85. The van der Waals surface area contributed by atoms with Crippen LogP contribution in [0.4, 0.5) is 0 Å². The minimum atomic E-state index is 0.313. The molecule has 7 heteroatoms. The van der Waals surface area contributed by atoms with Crippen LogP contribution in [0.3, 0.4) is 0 Å². The van der Waals surface area contributed by atoms with Crippen molar-refractivity contribution in [2.75, 3.05) is 6.54 Å². The van der Waals surface area contributed by atoms with E-state index in [2.05, 4.69) is 38.8 Å². The summed E-state index contributed by atoms with van der Waals surface area (Å²) in [6.45, 7) is 2.27. The highest BCUT2D eigenvalue weighted by molar-refractivity contribution is 5.78. The maximum absolute atomic E-state index is 12.4. The van der Waals surface area contributed by atoms with Crippen LogP contribution in [0.25, 0.3) is 39.5 Å². The molecule has 0 unspecified atom stereocenters. The fourth-order valence-corrected chi connectivity index (χ4v) is 4.16. The number of nitrogens with zero attached hydrogens (tertiary/aromatic N) is 6. The second kappa shape index (κ2) is 8.13. The van der Waals surface area contributed by atoms with Crippen LogP contribution in [0, 0.1) is 12.1 Å². The lowest BCUT2D eigenvalue weighted by molar-refractivity contribution is 0.589. The first-order chi connectivity index (χ1) is 16.7. The number of rotatable bonds is 4. The van der Waals surface area contributed by atoms with Crippen molar-refractivity contribution >= 4 is 16.7 Å². The molecule has 0 aliphatic carbocycles. The van der Waals surface area contributed by atoms with E-state index in [0.29, 0.717) is 17.9 Å². The summed E-state index contributed by atoms with van der Waals surface area (Å²) in [7, 11) is 0. The molecule has 166 valence electrons. The molecule has 0 spiro atoms. The first kappa shape index (κ1) is 20.1. The first-order valence-corrected chi connectivity index (χ1v) is 11.0. The SMILES string of the molecule is Cc1ccc(-n2cc(C3=CC=CCN3[O-])nc2-c2ccc(-n3ccc4cccnc43)cc2)cn1. The van der Waals surface area contributed by atoms with Gasteiger partial charge in [0, 0.05) is 47.5 Å². The zero-order valence-corrected chi connectivity index (χ0v) is 18.5. The van der Waals surface area contributed by atoms with Gasteiger partial charge in [-0.15, -0.1) is 0 Å². The van der Waals surface area contributed by atoms with Crippen molar-refractivity contribution in [3.05, 3.63) is 114 Å². The predicted molar refractivity (Wildman–Crippen MR) is 133 cm³/mol. The molecule has 34 heavy (non-hydrogen) atoms. The van der Waals surface area contributed by atoms with Crippen LogP contribution in [-0.4, -0.2) is 35.7 Å². The van der Waals surface area contributed by atoms with Crippen LogP contribution in [0.1, 0.15) is 11.4 Å². The molecule has 0 fully saturated rings. The molecule has 5 heterocycles. The molecule has 0 bridgehead atoms. The Morgan fingerprint density at radius 2 is 1.76 bits per heavy atom. The number of benzene rings is 1. The molecule has 0 amide bonds. The lowest BCUT2D eigenvalue weighted by Gasteiger charge is -2.32. The van der Waals surface area contributed by atoms with Gasteiger partial charge in [-0.3, -0.25) is 9.55 Å². The Hall–Kier alpha value is -4.49. The smallest absolute Gasteiger partial charge is 0.145 e. The van der Waals surface area contributed by atoms with Gasteiger partial charge in [0.25, 0.3) is 0 Å². The average molecular weight is 446 g/mol. The third kappa shape index (κ3) is 3.48. The highest BCUT2D eigenvalue weighted by Crippen LogP contribution is 2.29. The number of aryl methyl sites for hydroxylation is 1. The summed E-state index contributed by atoms with van der Waals surface area (Å²) in [4.78, 5) is 13.8. The maximum Gasteiger partial charge on any atom is 0.145 e. The summed E-state index contributed by atoms with van der Waals surface area (Å²) < 4.78 is 4.05. The van der Waals surface area contributed by atoms with Gasteiger partial charge < -0.3 is 14.8 Å². The van der Waals surface area contributed by atoms with Crippen molar-refractivity contribution in [2.24, 2.45) is 0 Å². The lowest BCUT2D eigenvalue weighted by atomic mass is 10.2. The van der Waals surface area contributed by atoms with Crippen LogP contribution < -0.4 is 0 Å². The van der Waals surface area contributed by atoms with Gasteiger partial charge in [0.05, 0.1) is 17.6 Å². The largest absolute Gasteiger partial charge is 0.758 e. The second-order valence-corrected chi connectivity index (χ2v) is 8.17. The molecule has 1 aliphatic heterocycles. The van der Waals surface area contributed by atoms with Crippen LogP contribution in [0.5, 0.6) is 0 Å². The highest BCUT2D eigenvalue weighted by atomic mass is 16.5. The monoisotopic (exact) mass is 445 g/mol. The van der Waals surface area contributed by atoms with Crippen molar-refractivity contribution in [3.63, 3.8) is 0 Å². The molecule has 1 aliphatic rings. The summed E-state index contributed by atoms with van der Waals surface area (Å²) in [5.74, 6) is 0.742. The van der Waals surface area contributed by atoms with Gasteiger partial charge >= 0.3 is 0 Å². The Balaban J connectivity index is 1.45. The van der Waals surface area contributed by atoms with Crippen molar-refractivity contribution in [1.82, 2.24) is 29.1 Å². The Kier molecular flexibility index (Phi) is 4.82. The summed E-state index contributed by atoms with van der Waals surface area (Å²) in [6.07, 6.45) is 13.1. The zero-order chi connectivity index (χ0) is 23.1. The van der Waals surface area contributed by atoms with E-state index in [1.54, 1.807) is 12.3 Å². The summed E-state index contributed by atoms with van der Waals surface area (Å²) >= 11 is 0. The zero-order valence-electron chi connectivity index (χ0n) is 18.5. The molecule has 1 aromatic carbocycles. The third-order valence-corrected chi connectivity index (χ3v) is 5.92. The Morgan fingerprint density at radius 3 is 2.56 bits per heavy atom. The summed E-state index contributed by atoms with van der Waals surface area (Å²) in [6, 6.07) is 18.2. The molecule has 7 nitrogen and oxygen atoms in total. The van der Waals surface area contributed by atoms with Gasteiger partial charge in [-0.2, -0.15) is 0 Å². The van der Waals surface area contributed by atoms with Gasteiger partial charge in [-0.05, 0) is 67.6 Å². The van der Waals surface area contributed by atoms with E-state index in [1.165, 1.54) is 0 Å². The van der Waals surface area contributed by atoms with Crippen molar-refractivity contribution in [2.45, 2.75) is 6.92 Å². The molecule has 0 atom stereocenters. The average Bonchev–Trinajstić information content (AvgIpc) is 3.50. The van der Waals surface area contributed by atoms with Crippen LogP contribution >= 0.6 is 0 Å². The standard InChI is InChI=1S/C27H21N6O/c1-19-7-10-23(17-29-19)32-18-24(25-6-2-3-15-33(25)34)30-27(32)21-8-11-22(12-9-21)31-16-13-20-5-4-14-28-26(20)31/h2-14,16-18H,15H2,1H3/q-1. The minimum Gasteiger partial charge on any atom is -0.758 e. The Morgan fingerprint density at radius 1 is 0.912 bits per heavy atom. The lowest BCUT2D eigenvalue weighted by Crippen LogP contribution is -2.16. The van der Waals surface area contributed by atoms with E-state index in [1.807, 2.05) is 72.6 Å². The number of hydroxylamine groups is 2. The molecule has 0 N–H and O–H groups in total. The van der Waals surface area contributed by atoms with Crippen molar-refractivity contribution < 1.29 is 0 Å². The maximum atomic E-state index is 12.4. The van der Waals surface area contributed by atoms with Gasteiger partial charge in [0.1, 0.15) is 17.2 Å². The molecule has 4 aromatic heterocycles. The minimum absolute atomic E-state index is 0.313. The fraction of sp³-hybridized carbons (Fsp3) is 0.0741. The molecule has 0 radical (unpaired) electrons. The quantitative estimate of drug-likeness (QED) is 0.376. The molecule has 0 saturated heterocycles. The molecular weight excluding hydrogens is 424 g/mol. The summed E-state index contributed by atoms with van der Waals surface area (Å²) in [5, 5.41) is 14.5. The molecular formula is C27H21N6O-. The highest BCUT2D eigenvalue weighted by Gasteiger charge is 2.16. The van der Waals surface area contributed by atoms with Crippen LogP contribution in [-0.2, 0) is 0 Å². The first-order valence-electron chi connectivity index (χ1n) is 11.0. The topological polar surface area (TPSA) is 74.8 Å². The van der Waals surface area contributed by atoms with E-state index in [-0.39, 0.29) is 0 Å².